The van der Waals surface area contributed by atoms with E-state index in [1.807, 2.05) is 6.92 Å². The van der Waals surface area contributed by atoms with E-state index in [1.165, 1.54) is 6.07 Å². The molecule has 5 nitrogen and oxygen atoms in total. The van der Waals surface area contributed by atoms with Gasteiger partial charge >= 0.3 is 5.97 Å². The topological polar surface area (TPSA) is 89.8 Å². The Hall–Kier alpha value is -1.59. The summed E-state index contributed by atoms with van der Waals surface area (Å²) < 4.78 is 0. The molecule has 0 unspecified atom stereocenters. The van der Waals surface area contributed by atoms with Crippen LogP contribution in [0.4, 0.5) is 5.69 Å². The number of aliphatic hydroxyl groups is 2. The maximum absolute atomic E-state index is 11.2. The van der Waals surface area contributed by atoms with Gasteiger partial charge in [0.1, 0.15) is 0 Å². The molecule has 0 aromatic heterocycles. The van der Waals surface area contributed by atoms with Gasteiger partial charge in [0.25, 0.3) is 0 Å². The third kappa shape index (κ3) is 2.80. The van der Waals surface area contributed by atoms with Crippen molar-refractivity contribution in [1.29, 1.82) is 0 Å². The summed E-state index contributed by atoms with van der Waals surface area (Å²) in [4.78, 5) is 11.2. The smallest absolute Gasteiger partial charge is 0.337 e. The number of aryl methyl sites for hydroxylation is 1. The summed E-state index contributed by atoms with van der Waals surface area (Å²) in [6, 6.07) is 4.94. The molecule has 1 aromatic rings. The van der Waals surface area contributed by atoms with Crippen LogP contribution in [-0.2, 0) is 0 Å². The van der Waals surface area contributed by atoms with Gasteiger partial charge in [0.2, 0.25) is 0 Å². The van der Waals surface area contributed by atoms with Gasteiger partial charge in [-0.05, 0) is 25.0 Å². The van der Waals surface area contributed by atoms with Crippen molar-refractivity contribution in [3.63, 3.8) is 0 Å². The zero-order valence-corrected chi connectivity index (χ0v) is 10.6. The molecular formula is C13H19NO4. The number of benzene rings is 1. The Kier molecular flexibility index (Phi) is 4.69. The first-order valence-electron chi connectivity index (χ1n) is 5.82. The molecule has 5 heteroatoms. The number of hydrogen-bond acceptors (Lipinski definition) is 4. The van der Waals surface area contributed by atoms with E-state index in [-0.39, 0.29) is 18.8 Å². The highest BCUT2D eigenvalue weighted by atomic mass is 16.4. The highest BCUT2D eigenvalue weighted by Gasteiger charge is 2.28. The first-order chi connectivity index (χ1) is 8.49. The summed E-state index contributed by atoms with van der Waals surface area (Å²) in [6.45, 7) is 3.06. The number of rotatable bonds is 6. The van der Waals surface area contributed by atoms with Crippen LogP contribution in [0.1, 0.15) is 29.3 Å². The van der Waals surface area contributed by atoms with E-state index in [9.17, 15) is 15.0 Å². The van der Waals surface area contributed by atoms with Crippen molar-refractivity contribution in [1.82, 2.24) is 0 Å². The van der Waals surface area contributed by atoms with E-state index < -0.39 is 11.5 Å². The number of para-hydroxylation sites is 1. The maximum atomic E-state index is 11.2. The Balaban J connectivity index is 3.20. The molecule has 0 radical (unpaired) electrons. The minimum Gasteiger partial charge on any atom is -0.478 e. The molecule has 0 amide bonds. The van der Waals surface area contributed by atoms with Gasteiger partial charge in [0, 0.05) is 0 Å². The maximum Gasteiger partial charge on any atom is 0.337 e. The first-order valence-corrected chi connectivity index (χ1v) is 5.82. The summed E-state index contributed by atoms with van der Waals surface area (Å²) in [5.74, 6) is -1.04. The van der Waals surface area contributed by atoms with Crippen molar-refractivity contribution in [2.75, 3.05) is 18.5 Å². The van der Waals surface area contributed by atoms with Crippen LogP contribution in [0.25, 0.3) is 0 Å². The van der Waals surface area contributed by atoms with Gasteiger partial charge in [-0.2, -0.15) is 0 Å². The molecule has 0 saturated heterocycles. The molecular weight excluding hydrogens is 234 g/mol. The Morgan fingerprint density at radius 3 is 2.39 bits per heavy atom. The molecule has 18 heavy (non-hydrogen) atoms. The third-order valence-electron chi connectivity index (χ3n) is 3.18. The Morgan fingerprint density at radius 2 is 1.94 bits per heavy atom. The zero-order valence-electron chi connectivity index (χ0n) is 10.6. The van der Waals surface area contributed by atoms with Crippen LogP contribution < -0.4 is 5.32 Å². The summed E-state index contributed by atoms with van der Waals surface area (Å²) in [5.41, 5.74) is 0.426. The number of anilines is 1. The largest absolute Gasteiger partial charge is 0.478 e. The Labute approximate surface area is 106 Å². The van der Waals surface area contributed by atoms with E-state index in [1.54, 1.807) is 19.1 Å². The van der Waals surface area contributed by atoms with E-state index in [0.717, 1.165) is 5.56 Å². The SMILES string of the molecule is CCC(CO)(CO)Nc1c(C)cccc1C(=O)O. The van der Waals surface area contributed by atoms with E-state index in [2.05, 4.69) is 5.32 Å². The molecule has 4 N–H and O–H groups in total. The van der Waals surface area contributed by atoms with Gasteiger partial charge < -0.3 is 20.6 Å². The number of carboxylic acid groups (broad SMARTS) is 1. The quantitative estimate of drug-likeness (QED) is 0.612. The molecule has 0 aliphatic carbocycles. The van der Waals surface area contributed by atoms with Gasteiger partial charge in [-0.25, -0.2) is 4.79 Å². The van der Waals surface area contributed by atoms with Crippen molar-refractivity contribution < 1.29 is 20.1 Å². The summed E-state index contributed by atoms with van der Waals surface area (Å²) >= 11 is 0. The van der Waals surface area contributed by atoms with E-state index in [0.29, 0.717) is 12.1 Å². The number of hydrogen-bond donors (Lipinski definition) is 4. The molecule has 100 valence electrons. The second-order valence-electron chi connectivity index (χ2n) is 4.38. The van der Waals surface area contributed by atoms with Crippen LogP contribution in [0.5, 0.6) is 0 Å². The fourth-order valence-corrected chi connectivity index (χ4v) is 1.72. The molecule has 0 aliphatic rings. The van der Waals surface area contributed by atoms with Gasteiger partial charge in [0.15, 0.2) is 0 Å². The average Bonchev–Trinajstić information content (AvgIpc) is 2.37. The molecule has 1 rings (SSSR count). The van der Waals surface area contributed by atoms with Crippen LogP contribution in [-0.4, -0.2) is 40.0 Å². The highest BCUT2D eigenvalue weighted by molar-refractivity contribution is 5.95. The molecule has 0 atom stereocenters. The molecule has 0 bridgehead atoms. The van der Waals surface area contributed by atoms with Crippen LogP contribution in [0.15, 0.2) is 18.2 Å². The normalized spacial score (nSPS) is 11.3. The van der Waals surface area contributed by atoms with Crippen LogP contribution in [0, 0.1) is 6.92 Å². The van der Waals surface area contributed by atoms with Crippen molar-refractivity contribution >= 4 is 11.7 Å². The Bertz CT molecular complexity index is 419. The fourth-order valence-electron chi connectivity index (χ4n) is 1.72. The van der Waals surface area contributed by atoms with Gasteiger partial charge in [-0.1, -0.05) is 19.1 Å². The third-order valence-corrected chi connectivity index (χ3v) is 3.18. The van der Waals surface area contributed by atoms with E-state index >= 15 is 0 Å². The number of aromatic carboxylic acids is 1. The van der Waals surface area contributed by atoms with Crippen molar-refractivity contribution in [2.45, 2.75) is 25.8 Å². The number of nitrogens with one attached hydrogen (secondary N) is 1. The standard InChI is InChI=1S/C13H19NO4/c1-3-13(7-15,8-16)14-11-9(2)5-4-6-10(11)12(17)18/h4-6,14-16H,3,7-8H2,1-2H3,(H,17,18). The van der Waals surface area contributed by atoms with Gasteiger partial charge in [-0.3, -0.25) is 0 Å². The summed E-state index contributed by atoms with van der Waals surface area (Å²) in [7, 11) is 0. The molecule has 0 spiro atoms. The lowest BCUT2D eigenvalue weighted by molar-refractivity contribution is 0.0696. The van der Waals surface area contributed by atoms with Crippen molar-refractivity contribution in [3.8, 4) is 0 Å². The Morgan fingerprint density at radius 1 is 1.33 bits per heavy atom. The fraction of sp³-hybridized carbons (Fsp3) is 0.462. The predicted octanol–water partition coefficient (Wildman–Crippen LogP) is 1.24. The first kappa shape index (κ1) is 14.5. The zero-order chi connectivity index (χ0) is 13.8. The van der Waals surface area contributed by atoms with E-state index in [4.69, 9.17) is 5.11 Å². The molecule has 0 saturated carbocycles. The number of aliphatic hydroxyl groups excluding tert-OH is 2. The van der Waals surface area contributed by atoms with Crippen LogP contribution in [0.2, 0.25) is 0 Å². The predicted molar refractivity (Wildman–Crippen MR) is 69.0 cm³/mol. The minimum atomic E-state index is -1.04. The average molecular weight is 253 g/mol. The summed E-state index contributed by atoms with van der Waals surface area (Å²) in [6.07, 6.45) is 0.480. The van der Waals surface area contributed by atoms with Crippen LogP contribution >= 0.6 is 0 Å². The van der Waals surface area contributed by atoms with Crippen molar-refractivity contribution in [2.24, 2.45) is 0 Å². The number of carboxylic acids is 1. The lowest BCUT2D eigenvalue weighted by Crippen LogP contribution is -2.45. The number of carbonyl (C=O) groups is 1. The minimum absolute atomic E-state index is 0.134. The van der Waals surface area contributed by atoms with Crippen LogP contribution in [0.3, 0.4) is 0 Å². The van der Waals surface area contributed by atoms with Crippen molar-refractivity contribution in [3.05, 3.63) is 29.3 Å². The molecule has 0 heterocycles. The molecule has 0 aliphatic heterocycles. The van der Waals surface area contributed by atoms with Gasteiger partial charge in [-0.15, -0.1) is 0 Å². The summed E-state index contributed by atoms with van der Waals surface area (Å²) in [5, 5.41) is 30.9. The second-order valence-corrected chi connectivity index (χ2v) is 4.38. The monoisotopic (exact) mass is 253 g/mol. The molecule has 1 aromatic carbocycles. The highest BCUT2D eigenvalue weighted by Crippen LogP contribution is 2.25. The second kappa shape index (κ2) is 5.84. The van der Waals surface area contributed by atoms with Gasteiger partial charge in [0.05, 0.1) is 30.0 Å². The lowest BCUT2D eigenvalue weighted by Gasteiger charge is -2.32. The molecule has 0 fully saturated rings. The lowest BCUT2D eigenvalue weighted by atomic mass is 9.96.